The summed E-state index contributed by atoms with van der Waals surface area (Å²) in [5.41, 5.74) is 5.71. The average Bonchev–Trinajstić information content (AvgIpc) is 3.39. The molecule has 0 fully saturated rings. The summed E-state index contributed by atoms with van der Waals surface area (Å²) in [7, 11) is 0. The van der Waals surface area contributed by atoms with Crippen LogP contribution in [0.25, 0.3) is 22.5 Å². The normalized spacial score (nSPS) is 11.0. The monoisotopic (exact) mass is 405 g/mol. The zero-order chi connectivity index (χ0) is 20.2. The van der Waals surface area contributed by atoms with Crippen molar-refractivity contribution in [2.45, 2.75) is 26.3 Å². The Morgan fingerprint density at radius 3 is 2.52 bits per heavy atom. The molecule has 4 rings (SSSR count). The van der Waals surface area contributed by atoms with Gasteiger partial charge in [0.05, 0.1) is 10.7 Å². The predicted molar refractivity (Wildman–Crippen MR) is 113 cm³/mol. The molecule has 0 unspecified atom stereocenters. The van der Waals surface area contributed by atoms with Crippen molar-refractivity contribution in [2.24, 2.45) is 0 Å². The first-order valence-electron chi connectivity index (χ1n) is 9.46. The van der Waals surface area contributed by atoms with Gasteiger partial charge in [0.2, 0.25) is 5.82 Å². The van der Waals surface area contributed by atoms with E-state index in [0.717, 1.165) is 47.1 Å². The Balaban J connectivity index is 1.65. The lowest BCUT2D eigenvalue weighted by molar-refractivity contribution is 0.111. The highest BCUT2D eigenvalue weighted by Crippen LogP contribution is 2.30. The minimum absolute atomic E-state index is 0.562. The largest absolute Gasteiger partial charge is 0.337 e. The van der Waals surface area contributed by atoms with E-state index in [1.165, 1.54) is 0 Å². The van der Waals surface area contributed by atoms with E-state index in [1.807, 2.05) is 28.8 Å². The fraction of sp³-hybridized carbons (Fsp3) is 0.182. The molecule has 29 heavy (non-hydrogen) atoms. The first-order valence-corrected chi connectivity index (χ1v) is 9.84. The number of rotatable bonds is 7. The highest BCUT2D eigenvalue weighted by molar-refractivity contribution is 6.31. The Morgan fingerprint density at radius 2 is 1.86 bits per heavy atom. The van der Waals surface area contributed by atoms with Gasteiger partial charge in [-0.1, -0.05) is 73.5 Å². The molecule has 7 heteroatoms. The molecular formula is C22H20ClN5O. The number of carbonyl (C=O) groups is 1. The van der Waals surface area contributed by atoms with Crippen LogP contribution in [0.4, 0.5) is 0 Å². The maximum atomic E-state index is 11.5. The lowest BCUT2D eigenvalue weighted by Crippen LogP contribution is -2.08. The second-order valence-corrected chi connectivity index (χ2v) is 7.20. The van der Waals surface area contributed by atoms with Crippen molar-refractivity contribution < 1.29 is 4.79 Å². The van der Waals surface area contributed by atoms with Gasteiger partial charge in [0.1, 0.15) is 0 Å². The summed E-state index contributed by atoms with van der Waals surface area (Å²) in [5.74, 6) is 0.562. The predicted octanol–water partition coefficient (Wildman–Crippen LogP) is 4.80. The van der Waals surface area contributed by atoms with Crippen LogP contribution in [0.1, 0.15) is 35.1 Å². The van der Waals surface area contributed by atoms with Crippen molar-refractivity contribution in [1.82, 2.24) is 25.2 Å². The van der Waals surface area contributed by atoms with Crippen LogP contribution in [0.5, 0.6) is 0 Å². The van der Waals surface area contributed by atoms with E-state index in [9.17, 15) is 4.79 Å². The molecule has 0 saturated heterocycles. The molecule has 0 saturated carbocycles. The van der Waals surface area contributed by atoms with E-state index in [0.29, 0.717) is 23.1 Å². The zero-order valence-corrected chi connectivity index (χ0v) is 16.7. The van der Waals surface area contributed by atoms with Crippen LogP contribution in [0.2, 0.25) is 5.02 Å². The molecular weight excluding hydrogens is 386 g/mol. The number of hydrogen-bond acceptors (Lipinski definition) is 4. The number of halogens is 1. The first kappa shape index (κ1) is 19.1. The van der Waals surface area contributed by atoms with Crippen molar-refractivity contribution in [2.75, 3.05) is 0 Å². The molecule has 0 aliphatic rings. The summed E-state index contributed by atoms with van der Waals surface area (Å²) in [5, 5.41) is 15.0. The molecule has 0 amide bonds. The fourth-order valence-corrected chi connectivity index (χ4v) is 3.84. The smallest absolute Gasteiger partial charge is 0.205 e. The SMILES string of the molecule is CCCc1c(Cl)cc(C=O)n1Cc1ccc(-c2ccccc2-c2nn[nH]n2)cc1. The maximum absolute atomic E-state index is 11.5. The second kappa shape index (κ2) is 8.41. The van der Waals surface area contributed by atoms with Crippen LogP contribution in [-0.4, -0.2) is 31.5 Å². The topological polar surface area (TPSA) is 76.5 Å². The quantitative estimate of drug-likeness (QED) is 0.448. The number of carbonyl (C=O) groups excluding carboxylic acids is 1. The number of H-pyrrole nitrogens is 1. The standard InChI is InChI=1S/C22H20ClN5O/c1-2-5-21-20(23)12-17(14-29)28(21)13-15-8-10-16(11-9-15)18-6-3-4-7-19(18)22-24-26-27-25-22/h3-4,6-12,14H,2,5,13H2,1H3,(H,24,25,26,27). The van der Waals surface area contributed by atoms with Crippen LogP contribution in [0.15, 0.2) is 54.6 Å². The Labute approximate surface area is 173 Å². The average molecular weight is 406 g/mol. The van der Waals surface area contributed by atoms with Crippen LogP contribution in [0, 0.1) is 0 Å². The molecule has 2 aromatic carbocycles. The molecule has 0 aliphatic carbocycles. The van der Waals surface area contributed by atoms with Crippen LogP contribution < -0.4 is 0 Å². The summed E-state index contributed by atoms with van der Waals surface area (Å²) < 4.78 is 2.00. The summed E-state index contributed by atoms with van der Waals surface area (Å²) in [6.07, 6.45) is 2.66. The van der Waals surface area contributed by atoms with Gasteiger partial charge in [0.15, 0.2) is 6.29 Å². The molecule has 0 atom stereocenters. The highest BCUT2D eigenvalue weighted by atomic mass is 35.5. The van der Waals surface area contributed by atoms with Crippen molar-refractivity contribution in [1.29, 1.82) is 0 Å². The van der Waals surface area contributed by atoms with Gasteiger partial charge in [-0.25, -0.2) is 0 Å². The van der Waals surface area contributed by atoms with E-state index >= 15 is 0 Å². The number of tetrazole rings is 1. The molecule has 0 aliphatic heterocycles. The molecule has 146 valence electrons. The number of aromatic nitrogens is 5. The Bertz CT molecular complexity index is 1120. The molecule has 0 bridgehead atoms. The third kappa shape index (κ3) is 3.84. The minimum atomic E-state index is 0.562. The van der Waals surface area contributed by atoms with Crippen LogP contribution >= 0.6 is 11.6 Å². The van der Waals surface area contributed by atoms with E-state index < -0.39 is 0 Å². The van der Waals surface area contributed by atoms with Gasteiger partial charge in [-0.2, -0.15) is 5.21 Å². The molecule has 0 radical (unpaired) electrons. The van der Waals surface area contributed by atoms with E-state index in [2.05, 4.69) is 51.8 Å². The zero-order valence-electron chi connectivity index (χ0n) is 16.0. The van der Waals surface area contributed by atoms with Crippen LogP contribution in [-0.2, 0) is 13.0 Å². The van der Waals surface area contributed by atoms with Crippen molar-refractivity contribution in [3.8, 4) is 22.5 Å². The number of aromatic amines is 1. The maximum Gasteiger partial charge on any atom is 0.205 e. The number of nitrogens with zero attached hydrogens (tertiary/aromatic N) is 4. The van der Waals surface area contributed by atoms with Crippen molar-refractivity contribution in [3.05, 3.63) is 76.6 Å². The molecule has 4 aromatic rings. The van der Waals surface area contributed by atoms with Crippen LogP contribution in [0.3, 0.4) is 0 Å². The summed E-state index contributed by atoms with van der Waals surface area (Å²) in [6, 6.07) is 18.0. The van der Waals surface area contributed by atoms with E-state index in [1.54, 1.807) is 6.07 Å². The van der Waals surface area contributed by atoms with Gasteiger partial charge in [-0.15, -0.1) is 10.2 Å². The fourth-order valence-electron chi connectivity index (χ4n) is 3.53. The highest BCUT2D eigenvalue weighted by Gasteiger charge is 2.14. The third-order valence-electron chi connectivity index (χ3n) is 4.91. The summed E-state index contributed by atoms with van der Waals surface area (Å²) >= 11 is 6.35. The molecule has 1 N–H and O–H groups in total. The summed E-state index contributed by atoms with van der Waals surface area (Å²) in [4.78, 5) is 11.5. The second-order valence-electron chi connectivity index (χ2n) is 6.80. The number of aldehydes is 1. The van der Waals surface area contributed by atoms with Gasteiger partial charge in [0.25, 0.3) is 0 Å². The molecule has 2 aromatic heterocycles. The summed E-state index contributed by atoms with van der Waals surface area (Å²) in [6.45, 7) is 2.70. The van der Waals surface area contributed by atoms with E-state index in [4.69, 9.17) is 11.6 Å². The molecule has 2 heterocycles. The van der Waals surface area contributed by atoms with Crippen molar-refractivity contribution >= 4 is 17.9 Å². The lowest BCUT2D eigenvalue weighted by Gasteiger charge is -2.12. The van der Waals surface area contributed by atoms with Gasteiger partial charge < -0.3 is 4.57 Å². The van der Waals surface area contributed by atoms with Crippen molar-refractivity contribution in [3.63, 3.8) is 0 Å². The number of benzene rings is 2. The van der Waals surface area contributed by atoms with Gasteiger partial charge in [-0.3, -0.25) is 4.79 Å². The lowest BCUT2D eigenvalue weighted by atomic mass is 9.98. The molecule has 6 nitrogen and oxygen atoms in total. The van der Waals surface area contributed by atoms with Gasteiger partial charge >= 0.3 is 0 Å². The first-order chi connectivity index (χ1) is 14.2. The molecule has 0 spiro atoms. The number of nitrogens with one attached hydrogen (secondary N) is 1. The third-order valence-corrected chi connectivity index (χ3v) is 5.24. The van der Waals surface area contributed by atoms with E-state index in [-0.39, 0.29) is 0 Å². The Kier molecular flexibility index (Phi) is 5.53. The van der Waals surface area contributed by atoms with Gasteiger partial charge in [-0.05, 0) is 34.4 Å². The minimum Gasteiger partial charge on any atom is -0.337 e. The number of hydrogen-bond donors (Lipinski definition) is 1. The Hall–Kier alpha value is -3.25. The Morgan fingerprint density at radius 1 is 1.10 bits per heavy atom. The van der Waals surface area contributed by atoms with Gasteiger partial charge in [0, 0.05) is 17.8 Å².